The molecular weight excluding hydrogens is 346 g/mol. The zero-order valence-electron chi connectivity index (χ0n) is 16.1. The van der Waals surface area contributed by atoms with Gasteiger partial charge in [0.1, 0.15) is 0 Å². The molecular formula is C20H29N3O2S. The summed E-state index contributed by atoms with van der Waals surface area (Å²) in [6, 6.07) is 6.05. The van der Waals surface area contributed by atoms with Crippen LogP contribution in [0.1, 0.15) is 37.0 Å². The van der Waals surface area contributed by atoms with Gasteiger partial charge in [0.2, 0.25) is 0 Å². The van der Waals surface area contributed by atoms with Crippen molar-refractivity contribution in [3.8, 4) is 0 Å². The van der Waals surface area contributed by atoms with Gasteiger partial charge in [0, 0.05) is 30.6 Å². The lowest BCUT2D eigenvalue weighted by Gasteiger charge is -2.26. The zero-order chi connectivity index (χ0) is 19.3. The predicted molar refractivity (Wildman–Crippen MR) is 112 cm³/mol. The number of nitrogens with zero attached hydrogens (tertiary/aromatic N) is 1. The fourth-order valence-electron chi connectivity index (χ4n) is 2.86. The molecule has 0 unspecified atom stereocenters. The Morgan fingerprint density at radius 3 is 2.65 bits per heavy atom. The Kier molecular flexibility index (Phi) is 7.17. The van der Waals surface area contributed by atoms with Gasteiger partial charge >= 0.3 is 0 Å². The summed E-state index contributed by atoms with van der Waals surface area (Å²) in [7, 11) is 0. The normalized spacial score (nSPS) is 11.2. The van der Waals surface area contributed by atoms with Gasteiger partial charge in [-0.25, -0.2) is 0 Å². The van der Waals surface area contributed by atoms with Crippen LogP contribution in [0.3, 0.4) is 0 Å². The number of aliphatic hydroxyl groups excluding tert-OH is 1. The molecule has 5 nitrogen and oxygen atoms in total. The van der Waals surface area contributed by atoms with Crippen LogP contribution in [0.15, 0.2) is 23.0 Å². The quantitative estimate of drug-likeness (QED) is 0.649. The number of fused-ring (bicyclic) bond motifs is 1. The molecule has 0 aliphatic carbocycles. The van der Waals surface area contributed by atoms with Gasteiger partial charge in [-0.3, -0.25) is 4.79 Å². The van der Waals surface area contributed by atoms with E-state index in [0.29, 0.717) is 36.1 Å². The highest BCUT2D eigenvalue weighted by atomic mass is 32.1. The molecule has 0 spiro atoms. The monoisotopic (exact) mass is 375 g/mol. The summed E-state index contributed by atoms with van der Waals surface area (Å²) in [5.74, 6) is 0.474. The summed E-state index contributed by atoms with van der Waals surface area (Å²) in [5.41, 5.74) is 3.66. The van der Waals surface area contributed by atoms with E-state index in [-0.39, 0.29) is 12.2 Å². The van der Waals surface area contributed by atoms with Crippen LogP contribution in [0, 0.1) is 19.8 Å². The molecule has 2 aromatic rings. The van der Waals surface area contributed by atoms with Crippen LogP contribution < -0.4 is 10.9 Å². The van der Waals surface area contributed by atoms with E-state index in [4.69, 9.17) is 12.2 Å². The maximum absolute atomic E-state index is 12.6. The van der Waals surface area contributed by atoms with E-state index >= 15 is 0 Å². The number of aromatic amines is 1. The van der Waals surface area contributed by atoms with Crippen LogP contribution in [0.4, 0.5) is 0 Å². The van der Waals surface area contributed by atoms with Gasteiger partial charge in [-0.1, -0.05) is 26.0 Å². The first-order valence-electron chi connectivity index (χ1n) is 9.09. The molecule has 0 aliphatic heterocycles. The molecule has 3 N–H and O–H groups in total. The third-order valence-electron chi connectivity index (χ3n) is 4.42. The summed E-state index contributed by atoms with van der Waals surface area (Å²) in [6.45, 7) is 10.2. The van der Waals surface area contributed by atoms with E-state index in [9.17, 15) is 9.90 Å². The van der Waals surface area contributed by atoms with Crippen LogP contribution in [0.25, 0.3) is 10.9 Å². The van der Waals surface area contributed by atoms with Gasteiger partial charge in [-0.15, -0.1) is 0 Å². The minimum absolute atomic E-state index is 0.0909. The summed E-state index contributed by atoms with van der Waals surface area (Å²) in [4.78, 5) is 17.6. The highest BCUT2D eigenvalue weighted by Gasteiger charge is 2.14. The largest absolute Gasteiger partial charge is 0.396 e. The zero-order valence-corrected chi connectivity index (χ0v) is 16.9. The van der Waals surface area contributed by atoms with E-state index in [1.54, 1.807) is 0 Å². The summed E-state index contributed by atoms with van der Waals surface area (Å²) >= 11 is 5.51. The summed E-state index contributed by atoms with van der Waals surface area (Å²) in [6.07, 6.45) is 0.604. The minimum Gasteiger partial charge on any atom is -0.396 e. The number of pyridine rings is 1. The Labute approximate surface area is 160 Å². The molecule has 1 aromatic carbocycles. The predicted octanol–water partition coefficient (Wildman–Crippen LogP) is 2.86. The lowest BCUT2D eigenvalue weighted by atomic mass is 10.0. The lowest BCUT2D eigenvalue weighted by molar-refractivity contribution is 0.264. The van der Waals surface area contributed by atoms with Crippen molar-refractivity contribution in [3.05, 3.63) is 45.2 Å². The van der Waals surface area contributed by atoms with E-state index < -0.39 is 0 Å². The molecule has 6 heteroatoms. The molecule has 1 aromatic heterocycles. The van der Waals surface area contributed by atoms with Gasteiger partial charge in [-0.05, 0) is 55.6 Å². The number of benzene rings is 1. The second-order valence-corrected chi connectivity index (χ2v) is 7.58. The smallest absolute Gasteiger partial charge is 0.253 e. The second kappa shape index (κ2) is 9.14. The molecule has 0 saturated carbocycles. The van der Waals surface area contributed by atoms with Crippen LogP contribution in [-0.4, -0.2) is 39.8 Å². The summed E-state index contributed by atoms with van der Waals surface area (Å²) < 4.78 is 0. The third kappa shape index (κ3) is 5.05. The number of aryl methyl sites for hydroxylation is 2. The maximum atomic E-state index is 12.6. The molecule has 0 saturated heterocycles. The number of H-pyrrole nitrogens is 1. The van der Waals surface area contributed by atoms with Gasteiger partial charge in [0.25, 0.3) is 5.56 Å². The highest BCUT2D eigenvalue weighted by Crippen LogP contribution is 2.20. The van der Waals surface area contributed by atoms with E-state index in [1.807, 2.05) is 30.9 Å². The molecule has 0 amide bonds. The third-order valence-corrected chi connectivity index (χ3v) is 4.82. The van der Waals surface area contributed by atoms with Crippen molar-refractivity contribution >= 4 is 28.2 Å². The number of nitrogens with one attached hydrogen (secondary N) is 2. The topological polar surface area (TPSA) is 68.4 Å². The van der Waals surface area contributed by atoms with Crippen molar-refractivity contribution in [1.29, 1.82) is 0 Å². The molecule has 0 atom stereocenters. The van der Waals surface area contributed by atoms with Crippen LogP contribution in [-0.2, 0) is 6.54 Å². The Hall–Kier alpha value is -1.92. The number of thiocarbonyl (C=S) groups is 1. The van der Waals surface area contributed by atoms with Gasteiger partial charge in [0.05, 0.1) is 12.1 Å². The first-order chi connectivity index (χ1) is 12.3. The van der Waals surface area contributed by atoms with Crippen molar-refractivity contribution in [3.63, 3.8) is 0 Å². The van der Waals surface area contributed by atoms with E-state index in [2.05, 4.69) is 30.2 Å². The fraction of sp³-hybridized carbons (Fsp3) is 0.500. The lowest BCUT2D eigenvalue weighted by Crippen LogP contribution is -2.42. The molecule has 0 aliphatic rings. The SMILES string of the molecule is Cc1ccc(C)c2[nH]c(=O)c(CN(CCCO)C(=S)NCC(C)C)cc12. The fourth-order valence-corrected chi connectivity index (χ4v) is 3.10. The number of hydrogen-bond donors (Lipinski definition) is 3. The van der Waals surface area contributed by atoms with Gasteiger partial charge in [-0.2, -0.15) is 0 Å². The van der Waals surface area contributed by atoms with Crippen molar-refractivity contribution in [2.24, 2.45) is 5.92 Å². The van der Waals surface area contributed by atoms with E-state index in [0.717, 1.165) is 28.6 Å². The molecule has 2 rings (SSSR count). The van der Waals surface area contributed by atoms with Crippen LogP contribution >= 0.6 is 12.2 Å². The Balaban J connectivity index is 2.32. The van der Waals surface area contributed by atoms with Crippen molar-refractivity contribution in [2.45, 2.75) is 40.7 Å². The highest BCUT2D eigenvalue weighted by molar-refractivity contribution is 7.80. The standard InChI is InChI=1S/C20H29N3O2S/c1-13(2)11-21-20(26)23(8-5-9-24)12-16-10-17-14(3)6-7-15(4)18(17)22-19(16)25/h6-7,10,13,24H,5,8-9,11-12H2,1-4H3,(H,21,26)(H,22,25). The van der Waals surface area contributed by atoms with Gasteiger partial charge in [0.15, 0.2) is 5.11 Å². The second-order valence-electron chi connectivity index (χ2n) is 7.19. The molecule has 0 bridgehead atoms. The summed E-state index contributed by atoms with van der Waals surface area (Å²) in [5, 5.41) is 14.1. The first kappa shape index (κ1) is 20.4. The van der Waals surface area contributed by atoms with Crippen molar-refractivity contribution < 1.29 is 5.11 Å². The minimum atomic E-state index is -0.0909. The number of aromatic nitrogens is 1. The Morgan fingerprint density at radius 2 is 2.00 bits per heavy atom. The molecule has 1 heterocycles. The average Bonchev–Trinajstić information content (AvgIpc) is 2.60. The van der Waals surface area contributed by atoms with Crippen molar-refractivity contribution in [1.82, 2.24) is 15.2 Å². The first-order valence-corrected chi connectivity index (χ1v) is 9.50. The number of aliphatic hydroxyl groups is 1. The average molecular weight is 376 g/mol. The van der Waals surface area contributed by atoms with Crippen molar-refractivity contribution in [2.75, 3.05) is 19.7 Å². The molecule has 26 heavy (non-hydrogen) atoms. The van der Waals surface area contributed by atoms with Gasteiger partial charge < -0.3 is 20.3 Å². The number of rotatable bonds is 7. The van der Waals surface area contributed by atoms with Crippen LogP contribution in [0.5, 0.6) is 0 Å². The van der Waals surface area contributed by atoms with E-state index in [1.165, 1.54) is 0 Å². The number of hydrogen-bond acceptors (Lipinski definition) is 3. The van der Waals surface area contributed by atoms with Crippen LogP contribution in [0.2, 0.25) is 0 Å². The Morgan fingerprint density at radius 1 is 1.31 bits per heavy atom. The molecule has 142 valence electrons. The molecule has 0 fully saturated rings. The maximum Gasteiger partial charge on any atom is 0.253 e. The Bertz CT molecular complexity index is 830. The molecule has 0 radical (unpaired) electrons.